The Morgan fingerprint density at radius 2 is 1.83 bits per heavy atom. The van der Waals surface area contributed by atoms with Crippen molar-refractivity contribution >= 4 is 21.4 Å². The van der Waals surface area contributed by atoms with Crippen molar-refractivity contribution in [3.63, 3.8) is 0 Å². The van der Waals surface area contributed by atoms with Crippen molar-refractivity contribution in [3.05, 3.63) is 35.3 Å². The van der Waals surface area contributed by atoms with E-state index in [9.17, 15) is 8.42 Å². The zero-order valence-corrected chi connectivity index (χ0v) is 15.4. The molecule has 1 aliphatic rings. The van der Waals surface area contributed by atoms with Crippen molar-refractivity contribution in [1.82, 2.24) is 14.2 Å². The van der Waals surface area contributed by atoms with Gasteiger partial charge in [-0.1, -0.05) is 0 Å². The summed E-state index contributed by atoms with van der Waals surface area (Å²) in [7, 11) is -1.42. The molecular weight excluding hydrogens is 346 g/mol. The second-order valence-corrected chi connectivity index (χ2v) is 8.65. The normalized spacial score (nSPS) is 17.1. The minimum Gasteiger partial charge on any atom is -0.497 e. The summed E-state index contributed by atoms with van der Waals surface area (Å²) in [6.07, 6.45) is 1.27. The molecule has 8 heteroatoms. The van der Waals surface area contributed by atoms with Crippen molar-refractivity contribution in [2.45, 2.75) is 6.54 Å². The predicted molar refractivity (Wildman–Crippen MR) is 95.8 cm³/mol. The zero-order chi connectivity index (χ0) is 17.2. The summed E-state index contributed by atoms with van der Waals surface area (Å²) in [5.41, 5.74) is 2.10. The van der Waals surface area contributed by atoms with Gasteiger partial charge in [0.25, 0.3) is 0 Å². The maximum Gasteiger partial charge on any atom is 0.211 e. The standard InChI is InChI=1S/C16H21N3O3S2/c1-22-15-5-3-13(4-6-15)16-17-14(12-23-16)11-18-7-9-19(10-8-18)24(2,20)21/h3-6,12H,7-11H2,1-2H3. The Bertz CT molecular complexity index is 779. The molecule has 0 radical (unpaired) electrons. The minimum atomic E-state index is -3.08. The van der Waals surface area contributed by atoms with Gasteiger partial charge in [0.05, 0.1) is 19.1 Å². The van der Waals surface area contributed by atoms with Gasteiger partial charge in [0, 0.05) is 43.7 Å². The summed E-state index contributed by atoms with van der Waals surface area (Å²) >= 11 is 1.62. The van der Waals surface area contributed by atoms with Crippen LogP contribution in [0.15, 0.2) is 29.6 Å². The maximum atomic E-state index is 11.5. The largest absolute Gasteiger partial charge is 0.497 e. The highest BCUT2D eigenvalue weighted by Crippen LogP contribution is 2.26. The Labute approximate surface area is 146 Å². The van der Waals surface area contributed by atoms with Crippen molar-refractivity contribution in [3.8, 4) is 16.3 Å². The van der Waals surface area contributed by atoms with Gasteiger partial charge >= 0.3 is 0 Å². The molecule has 1 saturated heterocycles. The van der Waals surface area contributed by atoms with E-state index in [0.717, 1.165) is 41.6 Å². The van der Waals surface area contributed by atoms with Crippen LogP contribution in [0.4, 0.5) is 0 Å². The Balaban J connectivity index is 1.60. The first-order chi connectivity index (χ1) is 11.5. The molecule has 0 amide bonds. The number of sulfonamides is 1. The van der Waals surface area contributed by atoms with E-state index in [2.05, 4.69) is 10.3 Å². The smallest absolute Gasteiger partial charge is 0.211 e. The van der Waals surface area contributed by atoms with Crippen LogP contribution in [0.25, 0.3) is 10.6 Å². The van der Waals surface area contributed by atoms with Gasteiger partial charge < -0.3 is 4.74 Å². The molecular formula is C16H21N3O3S2. The predicted octanol–water partition coefficient (Wildman–Crippen LogP) is 1.90. The highest BCUT2D eigenvalue weighted by molar-refractivity contribution is 7.88. The summed E-state index contributed by atoms with van der Waals surface area (Å²) in [4.78, 5) is 6.95. The van der Waals surface area contributed by atoms with Crippen molar-refractivity contribution in [1.29, 1.82) is 0 Å². The number of piperazine rings is 1. The van der Waals surface area contributed by atoms with E-state index in [1.165, 1.54) is 10.6 Å². The molecule has 1 aliphatic heterocycles. The van der Waals surface area contributed by atoms with E-state index in [1.807, 2.05) is 24.3 Å². The molecule has 1 aromatic carbocycles. The second-order valence-electron chi connectivity index (χ2n) is 5.81. The number of hydrogen-bond donors (Lipinski definition) is 0. The molecule has 1 fully saturated rings. The molecule has 0 atom stereocenters. The van der Waals surface area contributed by atoms with E-state index < -0.39 is 10.0 Å². The average molecular weight is 367 g/mol. The number of methoxy groups -OCH3 is 1. The third-order valence-electron chi connectivity index (χ3n) is 4.07. The molecule has 6 nitrogen and oxygen atoms in total. The molecule has 0 unspecified atom stereocenters. The van der Waals surface area contributed by atoms with Crippen LogP contribution in [-0.4, -0.2) is 62.2 Å². The molecule has 2 heterocycles. The molecule has 0 saturated carbocycles. The summed E-state index contributed by atoms with van der Waals surface area (Å²) in [5, 5.41) is 3.06. The Kier molecular flexibility index (Phi) is 5.19. The van der Waals surface area contributed by atoms with Gasteiger partial charge in [-0.3, -0.25) is 4.90 Å². The third kappa shape index (κ3) is 4.13. The SMILES string of the molecule is COc1ccc(-c2nc(CN3CCN(S(C)(=O)=O)CC3)cs2)cc1. The molecule has 1 aromatic heterocycles. The van der Waals surface area contributed by atoms with Gasteiger partial charge in [-0.05, 0) is 24.3 Å². The Morgan fingerprint density at radius 3 is 2.42 bits per heavy atom. The number of thiazole rings is 1. The van der Waals surface area contributed by atoms with E-state index >= 15 is 0 Å². The molecule has 0 N–H and O–H groups in total. The summed E-state index contributed by atoms with van der Waals surface area (Å²) in [6, 6.07) is 7.88. The molecule has 130 valence electrons. The molecule has 2 aromatic rings. The first-order valence-corrected chi connectivity index (χ1v) is 10.4. The van der Waals surface area contributed by atoms with Crippen LogP contribution in [0, 0.1) is 0 Å². The highest BCUT2D eigenvalue weighted by Gasteiger charge is 2.23. The molecule has 0 aliphatic carbocycles. The lowest BCUT2D eigenvalue weighted by Crippen LogP contribution is -2.47. The fourth-order valence-electron chi connectivity index (χ4n) is 2.69. The summed E-state index contributed by atoms with van der Waals surface area (Å²) < 4.78 is 29.8. The first kappa shape index (κ1) is 17.3. The molecule has 0 spiro atoms. The monoisotopic (exact) mass is 367 g/mol. The van der Waals surface area contributed by atoms with Gasteiger partial charge in [0.2, 0.25) is 10.0 Å². The van der Waals surface area contributed by atoms with Crippen LogP contribution in [-0.2, 0) is 16.6 Å². The maximum absolute atomic E-state index is 11.5. The van der Waals surface area contributed by atoms with E-state index in [4.69, 9.17) is 9.72 Å². The Hall–Kier alpha value is -1.48. The zero-order valence-electron chi connectivity index (χ0n) is 13.8. The quantitative estimate of drug-likeness (QED) is 0.808. The lowest BCUT2D eigenvalue weighted by molar-refractivity contribution is 0.181. The van der Waals surface area contributed by atoms with Gasteiger partial charge in [0.15, 0.2) is 0 Å². The topological polar surface area (TPSA) is 62.7 Å². The van der Waals surface area contributed by atoms with Crippen LogP contribution >= 0.6 is 11.3 Å². The van der Waals surface area contributed by atoms with E-state index in [0.29, 0.717) is 13.1 Å². The van der Waals surface area contributed by atoms with Crippen molar-refractivity contribution in [2.24, 2.45) is 0 Å². The summed E-state index contributed by atoms with van der Waals surface area (Å²) in [6.45, 7) is 3.33. The fraction of sp³-hybridized carbons (Fsp3) is 0.438. The van der Waals surface area contributed by atoms with Crippen LogP contribution in [0.3, 0.4) is 0 Å². The number of ether oxygens (including phenoxy) is 1. The van der Waals surface area contributed by atoms with Crippen molar-refractivity contribution < 1.29 is 13.2 Å². The lowest BCUT2D eigenvalue weighted by Gasteiger charge is -2.32. The fourth-order valence-corrected chi connectivity index (χ4v) is 4.34. The second kappa shape index (κ2) is 7.18. The minimum absolute atomic E-state index is 0.550. The van der Waals surface area contributed by atoms with Gasteiger partial charge in [-0.15, -0.1) is 11.3 Å². The van der Waals surface area contributed by atoms with Crippen LogP contribution in [0.2, 0.25) is 0 Å². The molecule has 24 heavy (non-hydrogen) atoms. The Morgan fingerprint density at radius 1 is 1.17 bits per heavy atom. The molecule has 0 bridgehead atoms. The van der Waals surface area contributed by atoms with E-state index in [-0.39, 0.29) is 0 Å². The van der Waals surface area contributed by atoms with Crippen LogP contribution in [0.1, 0.15) is 5.69 Å². The number of hydrogen-bond acceptors (Lipinski definition) is 6. The third-order valence-corrected chi connectivity index (χ3v) is 6.32. The number of rotatable bonds is 5. The van der Waals surface area contributed by atoms with Crippen LogP contribution in [0.5, 0.6) is 5.75 Å². The van der Waals surface area contributed by atoms with Crippen LogP contribution < -0.4 is 4.74 Å². The number of benzene rings is 1. The first-order valence-electron chi connectivity index (χ1n) is 7.72. The lowest BCUT2D eigenvalue weighted by atomic mass is 10.2. The number of aromatic nitrogens is 1. The van der Waals surface area contributed by atoms with E-state index in [1.54, 1.807) is 18.4 Å². The van der Waals surface area contributed by atoms with Crippen molar-refractivity contribution in [2.75, 3.05) is 39.5 Å². The average Bonchev–Trinajstić information content (AvgIpc) is 3.03. The molecule has 3 rings (SSSR count). The summed E-state index contributed by atoms with van der Waals surface area (Å²) in [5.74, 6) is 0.833. The number of nitrogens with zero attached hydrogens (tertiary/aromatic N) is 3. The van der Waals surface area contributed by atoms with Gasteiger partial charge in [-0.2, -0.15) is 4.31 Å². The van der Waals surface area contributed by atoms with Gasteiger partial charge in [0.1, 0.15) is 10.8 Å². The van der Waals surface area contributed by atoms with Gasteiger partial charge in [-0.25, -0.2) is 13.4 Å². The highest BCUT2D eigenvalue weighted by atomic mass is 32.2.